The van der Waals surface area contributed by atoms with E-state index in [1.807, 2.05) is 0 Å². The SMILES string of the molecule is NCc1ncc(I)c(F)c1C(F)F. The first-order chi connectivity index (χ1) is 6.07. The molecule has 0 bridgehead atoms. The zero-order chi connectivity index (χ0) is 10.0. The number of aromatic nitrogens is 1. The zero-order valence-electron chi connectivity index (χ0n) is 6.40. The third kappa shape index (κ3) is 2.11. The van der Waals surface area contributed by atoms with Crippen molar-refractivity contribution in [2.24, 2.45) is 5.73 Å². The van der Waals surface area contributed by atoms with Crippen LogP contribution >= 0.6 is 22.6 Å². The Morgan fingerprint density at radius 2 is 2.15 bits per heavy atom. The number of rotatable bonds is 2. The number of nitrogens with two attached hydrogens (primary N) is 1. The number of halogens is 4. The molecule has 13 heavy (non-hydrogen) atoms. The molecule has 1 rings (SSSR count). The van der Waals surface area contributed by atoms with Gasteiger partial charge >= 0.3 is 0 Å². The molecule has 2 N–H and O–H groups in total. The first-order valence-corrected chi connectivity index (χ1v) is 4.46. The van der Waals surface area contributed by atoms with Crippen molar-refractivity contribution in [3.63, 3.8) is 0 Å². The van der Waals surface area contributed by atoms with Crippen LogP contribution in [0.5, 0.6) is 0 Å². The molecule has 0 unspecified atom stereocenters. The molecule has 72 valence electrons. The summed E-state index contributed by atoms with van der Waals surface area (Å²) in [6.07, 6.45) is -1.69. The van der Waals surface area contributed by atoms with Gasteiger partial charge in [0.05, 0.1) is 14.8 Å². The predicted octanol–water partition coefficient (Wildman–Crippen LogP) is 2.22. The van der Waals surface area contributed by atoms with E-state index < -0.39 is 17.8 Å². The molecule has 0 spiro atoms. The molecule has 6 heteroatoms. The first kappa shape index (κ1) is 10.7. The predicted molar refractivity (Wildman–Crippen MR) is 49.8 cm³/mol. The van der Waals surface area contributed by atoms with Crippen LogP contribution in [-0.4, -0.2) is 4.98 Å². The highest BCUT2D eigenvalue weighted by Gasteiger charge is 2.20. The summed E-state index contributed by atoms with van der Waals surface area (Å²) in [5.74, 6) is -0.925. The minimum Gasteiger partial charge on any atom is -0.325 e. The smallest absolute Gasteiger partial charge is 0.268 e. The second-order valence-electron chi connectivity index (χ2n) is 2.29. The summed E-state index contributed by atoms with van der Waals surface area (Å²) in [5.41, 5.74) is 4.37. The molecule has 0 aliphatic heterocycles. The van der Waals surface area contributed by atoms with Gasteiger partial charge in [-0.3, -0.25) is 4.98 Å². The van der Waals surface area contributed by atoms with E-state index in [0.29, 0.717) is 0 Å². The molecule has 1 heterocycles. The molecule has 1 aromatic rings. The van der Waals surface area contributed by atoms with Gasteiger partial charge in [-0.2, -0.15) is 0 Å². The third-order valence-corrected chi connectivity index (χ3v) is 2.25. The average molecular weight is 302 g/mol. The van der Waals surface area contributed by atoms with E-state index in [1.54, 1.807) is 22.6 Å². The van der Waals surface area contributed by atoms with Crippen molar-refractivity contribution in [1.82, 2.24) is 4.98 Å². The van der Waals surface area contributed by atoms with Crippen LogP contribution in [0.15, 0.2) is 6.20 Å². The van der Waals surface area contributed by atoms with E-state index in [2.05, 4.69) is 4.98 Å². The van der Waals surface area contributed by atoms with E-state index >= 15 is 0 Å². The molecule has 0 saturated carbocycles. The Morgan fingerprint density at radius 1 is 1.54 bits per heavy atom. The Bertz CT molecular complexity index is 317. The van der Waals surface area contributed by atoms with E-state index in [-0.39, 0.29) is 15.8 Å². The van der Waals surface area contributed by atoms with E-state index in [0.717, 1.165) is 0 Å². The van der Waals surface area contributed by atoms with Gasteiger partial charge in [0.15, 0.2) is 0 Å². The maximum atomic E-state index is 13.1. The lowest BCUT2D eigenvalue weighted by molar-refractivity contribution is 0.144. The van der Waals surface area contributed by atoms with Crippen molar-refractivity contribution in [3.05, 3.63) is 26.8 Å². The van der Waals surface area contributed by atoms with Gasteiger partial charge in [-0.15, -0.1) is 0 Å². The largest absolute Gasteiger partial charge is 0.325 e. The molecule has 2 nitrogen and oxygen atoms in total. The minimum atomic E-state index is -2.87. The van der Waals surface area contributed by atoms with Crippen molar-refractivity contribution < 1.29 is 13.2 Å². The Kier molecular flexibility index (Phi) is 3.48. The molecule has 0 saturated heterocycles. The van der Waals surface area contributed by atoms with Gasteiger partial charge in [0.25, 0.3) is 6.43 Å². The zero-order valence-corrected chi connectivity index (χ0v) is 8.56. The summed E-state index contributed by atoms with van der Waals surface area (Å²) in [6, 6.07) is 0. The Balaban J connectivity index is 3.32. The van der Waals surface area contributed by atoms with Gasteiger partial charge in [0.2, 0.25) is 0 Å². The Hall–Kier alpha value is -0.370. The average Bonchev–Trinajstić information content (AvgIpc) is 2.08. The summed E-state index contributed by atoms with van der Waals surface area (Å²) in [5, 5.41) is 0. The normalized spacial score (nSPS) is 10.9. The van der Waals surface area contributed by atoms with Crippen LogP contribution in [0.3, 0.4) is 0 Å². The van der Waals surface area contributed by atoms with Gasteiger partial charge in [-0.05, 0) is 22.6 Å². The molecular weight excluding hydrogens is 296 g/mol. The van der Waals surface area contributed by atoms with Crippen LogP contribution in [0.1, 0.15) is 17.7 Å². The quantitative estimate of drug-likeness (QED) is 0.851. The van der Waals surface area contributed by atoms with Gasteiger partial charge in [0.1, 0.15) is 5.82 Å². The van der Waals surface area contributed by atoms with E-state index in [4.69, 9.17) is 5.73 Å². The van der Waals surface area contributed by atoms with Crippen molar-refractivity contribution in [2.75, 3.05) is 0 Å². The summed E-state index contributed by atoms with van der Waals surface area (Å²) < 4.78 is 37.8. The Morgan fingerprint density at radius 3 is 2.62 bits per heavy atom. The van der Waals surface area contributed by atoms with Crippen LogP contribution in [0.2, 0.25) is 0 Å². The van der Waals surface area contributed by atoms with Crippen LogP contribution in [0.25, 0.3) is 0 Å². The van der Waals surface area contributed by atoms with Crippen LogP contribution in [0.4, 0.5) is 13.2 Å². The van der Waals surface area contributed by atoms with Gasteiger partial charge in [0, 0.05) is 12.7 Å². The molecule has 0 fully saturated rings. The van der Waals surface area contributed by atoms with Gasteiger partial charge in [-0.1, -0.05) is 0 Å². The van der Waals surface area contributed by atoms with Crippen LogP contribution in [0, 0.1) is 9.39 Å². The summed E-state index contributed by atoms with van der Waals surface area (Å²) in [6.45, 7) is -0.187. The number of hydrogen-bond acceptors (Lipinski definition) is 2. The number of pyridine rings is 1. The standard InChI is InChI=1S/C7H6F3IN2/c8-6-3(11)2-13-4(1-12)5(6)7(9)10/h2,7H,1,12H2. The Labute approximate surface area is 86.5 Å². The topological polar surface area (TPSA) is 38.9 Å². The summed E-state index contributed by atoms with van der Waals surface area (Å²) >= 11 is 1.60. The highest BCUT2D eigenvalue weighted by Crippen LogP contribution is 2.26. The van der Waals surface area contributed by atoms with Gasteiger partial charge < -0.3 is 5.73 Å². The number of alkyl halides is 2. The minimum absolute atomic E-state index is 0.0742. The first-order valence-electron chi connectivity index (χ1n) is 3.39. The lowest BCUT2D eigenvalue weighted by Gasteiger charge is -2.07. The maximum Gasteiger partial charge on any atom is 0.268 e. The van der Waals surface area contributed by atoms with Gasteiger partial charge in [-0.25, -0.2) is 13.2 Å². The molecule has 0 radical (unpaired) electrons. The van der Waals surface area contributed by atoms with Crippen molar-refractivity contribution in [1.29, 1.82) is 0 Å². The fourth-order valence-electron chi connectivity index (χ4n) is 0.901. The molecule has 0 aliphatic carbocycles. The molecule has 0 atom stereocenters. The lowest BCUT2D eigenvalue weighted by Crippen LogP contribution is -2.08. The van der Waals surface area contributed by atoms with Crippen molar-refractivity contribution >= 4 is 22.6 Å². The summed E-state index contributed by atoms with van der Waals surface area (Å²) in [4.78, 5) is 3.63. The van der Waals surface area contributed by atoms with Crippen LogP contribution < -0.4 is 5.73 Å². The van der Waals surface area contributed by atoms with E-state index in [9.17, 15) is 13.2 Å². The number of hydrogen-bond donors (Lipinski definition) is 1. The molecule has 1 aromatic heterocycles. The lowest BCUT2D eigenvalue weighted by atomic mass is 10.2. The van der Waals surface area contributed by atoms with Crippen LogP contribution in [-0.2, 0) is 6.54 Å². The van der Waals surface area contributed by atoms with Crippen molar-refractivity contribution in [2.45, 2.75) is 13.0 Å². The number of nitrogens with zero attached hydrogens (tertiary/aromatic N) is 1. The monoisotopic (exact) mass is 302 g/mol. The molecule has 0 aliphatic rings. The summed E-state index contributed by atoms with van der Waals surface area (Å²) in [7, 11) is 0. The third-order valence-electron chi connectivity index (χ3n) is 1.50. The fraction of sp³-hybridized carbons (Fsp3) is 0.286. The fourth-order valence-corrected chi connectivity index (χ4v) is 1.33. The van der Waals surface area contributed by atoms with E-state index in [1.165, 1.54) is 6.20 Å². The highest BCUT2D eigenvalue weighted by atomic mass is 127. The maximum absolute atomic E-state index is 13.1. The molecular formula is C7H6F3IN2. The molecule has 0 aromatic carbocycles. The molecule has 0 amide bonds. The van der Waals surface area contributed by atoms with Crippen molar-refractivity contribution in [3.8, 4) is 0 Å². The second kappa shape index (κ2) is 4.23. The second-order valence-corrected chi connectivity index (χ2v) is 3.45. The highest BCUT2D eigenvalue weighted by molar-refractivity contribution is 14.1.